The molecule has 6 nitrogen and oxygen atoms in total. The Labute approximate surface area is 153 Å². The molecule has 26 heavy (non-hydrogen) atoms. The second-order valence-corrected chi connectivity index (χ2v) is 5.91. The summed E-state index contributed by atoms with van der Waals surface area (Å²) >= 11 is 6.02. The lowest BCUT2D eigenvalue weighted by molar-refractivity contribution is -0.110. The first-order valence-corrected chi connectivity index (χ1v) is 8.03. The standard InChI is InChI=1S/C18H14ClFN2O4/c1-25-18(24)11-7-12(19)14(8-13(11)20)21-17(23)15-9-16(26-22-15)10-5-3-2-4-6-10/h2-8,16H,9H2,1H3,(H,21,23). The number of rotatable bonds is 4. The zero-order chi connectivity index (χ0) is 18.7. The van der Waals surface area contributed by atoms with Crippen LogP contribution in [0.15, 0.2) is 47.6 Å². The molecule has 2 aromatic carbocycles. The first-order chi connectivity index (χ1) is 12.5. The zero-order valence-electron chi connectivity index (χ0n) is 13.7. The number of carbonyl (C=O) groups excluding carboxylic acids is 2. The maximum atomic E-state index is 14.0. The summed E-state index contributed by atoms with van der Waals surface area (Å²) in [6, 6.07) is 11.4. The van der Waals surface area contributed by atoms with Gasteiger partial charge in [-0.25, -0.2) is 9.18 Å². The van der Waals surface area contributed by atoms with Crippen LogP contribution in [0.3, 0.4) is 0 Å². The van der Waals surface area contributed by atoms with E-state index in [1.807, 2.05) is 30.3 Å². The van der Waals surface area contributed by atoms with Gasteiger partial charge in [-0.15, -0.1) is 0 Å². The molecule has 8 heteroatoms. The second kappa shape index (κ2) is 7.53. The molecule has 2 aromatic rings. The molecule has 0 aromatic heterocycles. The summed E-state index contributed by atoms with van der Waals surface area (Å²) in [5.74, 6) is -2.28. The summed E-state index contributed by atoms with van der Waals surface area (Å²) in [5.41, 5.74) is 0.756. The molecule has 0 aliphatic carbocycles. The number of oxime groups is 1. The number of nitrogens with zero attached hydrogens (tertiary/aromatic N) is 1. The third kappa shape index (κ3) is 3.67. The number of halogens is 2. The van der Waals surface area contributed by atoms with Crippen molar-refractivity contribution in [3.63, 3.8) is 0 Å². The molecule has 0 spiro atoms. The van der Waals surface area contributed by atoms with Gasteiger partial charge < -0.3 is 14.9 Å². The monoisotopic (exact) mass is 376 g/mol. The Bertz CT molecular complexity index is 886. The predicted octanol–water partition coefficient (Wildman–Crippen LogP) is 3.72. The van der Waals surface area contributed by atoms with Gasteiger partial charge >= 0.3 is 5.97 Å². The summed E-state index contributed by atoms with van der Waals surface area (Å²) in [4.78, 5) is 29.1. The van der Waals surface area contributed by atoms with Crippen molar-refractivity contribution in [2.45, 2.75) is 12.5 Å². The van der Waals surface area contributed by atoms with E-state index < -0.39 is 17.7 Å². The van der Waals surface area contributed by atoms with Crippen LogP contribution in [0.5, 0.6) is 0 Å². The SMILES string of the molecule is COC(=O)c1cc(Cl)c(NC(=O)C2=NOC(c3ccccc3)C2)cc1F. The lowest BCUT2D eigenvalue weighted by Gasteiger charge is -2.09. The maximum Gasteiger partial charge on any atom is 0.340 e. The van der Waals surface area contributed by atoms with E-state index in [0.717, 1.165) is 24.8 Å². The molecular weight excluding hydrogens is 363 g/mol. The molecule has 1 atom stereocenters. The first-order valence-electron chi connectivity index (χ1n) is 7.66. The third-order valence-corrected chi connectivity index (χ3v) is 4.13. The van der Waals surface area contributed by atoms with Gasteiger partial charge in [-0.1, -0.05) is 47.1 Å². The highest BCUT2D eigenvalue weighted by Crippen LogP contribution is 2.29. The summed E-state index contributed by atoms with van der Waals surface area (Å²) < 4.78 is 18.5. The van der Waals surface area contributed by atoms with Crippen LogP contribution in [-0.2, 0) is 14.4 Å². The summed E-state index contributed by atoms with van der Waals surface area (Å²) in [6.45, 7) is 0. The Hall–Kier alpha value is -2.93. The van der Waals surface area contributed by atoms with Crippen LogP contribution in [0, 0.1) is 5.82 Å². The fraction of sp³-hybridized carbons (Fsp3) is 0.167. The number of hydrogen-bond donors (Lipinski definition) is 1. The van der Waals surface area contributed by atoms with Crippen LogP contribution in [0.1, 0.15) is 28.4 Å². The first kappa shape index (κ1) is 17.9. The van der Waals surface area contributed by atoms with Crippen LogP contribution < -0.4 is 5.32 Å². The topological polar surface area (TPSA) is 77.0 Å². The molecule has 1 amide bonds. The van der Waals surface area contributed by atoms with Crippen molar-refractivity contribution in [1.29, 1.82) is 0 Å². The Kier molecular flexibility index (Phi) is 5.18. The number of anilines is 1. The van der Waals surface area contributed by atoms with Gasteiger partial charge in [0.15, 0.2) is 6.10 Å². The van der Waals surface area contributed by atoms with Crippen molar-refractivity contribution in [2.75, 3.05) is 12.4 Å². The molecule has 1 N–H and O–H groups in total. The third-order valence-electron chi connectivity index (χ3n) is 3.81. The van der Waals surface area contributed by atoms with E-state index in [0.29, 0.717) is 0 Å². The van der Waals surface area contributed by atoms with Crippen LogP contribution in [0.2, 0.25) is 5.02 Å². The number of amides is 1. The molecule has 0 fully saturated rings. The normalized spacial score (nSPS) is 15.8. The molecule has 1 aliphatic heterocycles. The minimum atomic E-state index is -0.860. The molecular formula is C18H14ClFN2O4. The predicted molar refractivity (Wildman–Crippen MR) is 93.7 cm³/mol. The van der Waals surface area contributed by atoms with Gasteiger partial charge in [0.2, 0.25) is 0 Å². The van der Waals surface area contributed by atoms with Crippen molar-refractivity contribution in [2.24, 2.45) is 5.16 Å². The van der Waals surface area contributed by atoms with Crippen LogP contribution in [-0.4, -0.2) is 24.7 Å². The molecule has 1 unspecified atom stereocenters. The molecule has 0 bridgehead atoms. The number of hydrogen-bond acceptors (Lipinski definition) is 5. The Morgan fingerprint density at radius 1 is 1.31 bits per heavy atom. The molecule has 1 heterocycles. The highest BCUT2D eigenvalue weighted by Gasteiger charge is 2.28. The highest BCUT2D eigenvalue weighted by atomic mass is 35.5. The second-order valence-electron chi connectivity index (χ2n) is 5.50. The average Bonchev–Trinajstić information content (AvgIpc) is 3.15. The van der Waals surface area contributed by atoms with E-state index in [9.17, 15) is 14.0 Å². The lowest BCUT2D eigenvalue weighted by Crippen LogP contribution is -2.22. The van der Waals surface area contributed by atoms with Crippen molar-refractivity contribution in [3.8, 4) is 0 Å². The lowest BCUT2D eigenvalue weighted by atomic mass is 10.0. The van der Waals surface area contributed by atoms with Crippen LogP contribution in [0.4, 0.5) is 10.1 Å². The van der Waals surface area contributed by atoms with Crippen molar-refractivity contribution in [3.05, 3.63) is 64.4 Å². The fourth-order valence-corrected chi connectivity index (χ4v) is 2.67. The summed E-state index contributed by atoms with van der Waals surface area (Å²) in [6.07, 6.45) is -0.0817. The molecule has 0 saturated heterocycles. The van der Waals surface area contributed by atoms with Crippen molar-refractivity contribution in [1.82, 2.24) is 0 Å². The minimum Gasteiger partial charge on any atom is -0.465 e. The fourth-order valence-electron chi connectivity index (χ4n) is 2.46. The number of carbonyl (C=O) groups is 2. The van der Waals surface area contributed by atoms with Gasteiger partial charge in [-0.3, -0.25) is 4.79 Å². The van der Waals surface area contributed by atoms with E-state index in [4.69, 9.17) is 16.4 Å². The molecule has 1 aliphatic rings. The molecule has 134 valence electrons. The van der Waals surface area contributed by atoms with E-state index in [1.54, 1.807) is 0 Å². The van der Waals surface area contributed by atoms with Gasteiger partial charge in [0.25, 0.3) is 5.91 Å². The minimum absolute atomic E-state index is 0.000672. The number of methoxy groups -OCH3 is 1. The van der Waals surface area contributed by atoms with Gasteiger partial charge in [-0.05, 0) is 17.7 Å². The number of ether oxygens (including phenoxy) is 1. The number of nitrogens with one attached hydrogen (secondary N) is 1. The van der Waals surface area contributed by atoms with Crippen LogP contribution in [0.25, 0.3) is 0 Å². The quantitative estimate of drug-likeness (QED) is 0.825. The number of esters is 1. The van der Waals surface area contributed by atoms with Crippen molar-refractivity contribution < 1.29 is 23.6 Å². The molecule has 0 radical (unpaired) electrons. The van der Waals surface area contributed by atoms with Gasteiger partial charge in [0, 0.05) is 6.42 Å². The average molecular weight is 377 g/mol. The zero-order valence-corrected chi connectivity index (χ0v) is 14.4. The van der Waals surface area contributed by atoms with Gasteiger partial charge in [-0.2, -0.15) is 0 Å². The summed E-state index contributed by atoms with van der Waals surface area (Å²) in [5, 5.41) is 6.27. The number of benzene rings is 2. The maximum absolute atomic E-state index is 14.0. The van der Waals surface area contributed by atoms with Gasteiger partial charge in [0.05, 0.1) is 23.4 Å². The molecule has 0 saturated carbocycles. The molecule has 3 rings (SSSR count). The van der Waals surface area contributed by atoms with E-state index in [-0.39, 0.29) is 34.5 Å². The van der Waals surface area contributed by atoms with Crippen molar-refractivity contribution >= 4 is 34.9 Å². The Balaban J connectivity index is 1.71. The Morgan fingerprint density at radius 2 is 2.04 bits per heavy atom. The van der Waals surface area contributed by atoms with Gasteiger partial charge in [0.1, 0.15) is 11.5 Å². The Morgan fingerprint density at radius 3 is 2.73 bits per heavy atom. The van der Waals surface area contributed by atoms with E-state index in [1.165, 1.54) is 0 Å². The highest BCUT2D eigenvalue weighted by molar-refractivity contribution is 6.44. The smallest absolute Gasteiger partial charge is 0.340 e. The summed E-state index contributed by atoms with van der Waals surface area (Å²) in [7, 11) is 1.13. The van der Waals surface area contributed by atoms with E-state index in [2.05, 4.69) is 15.2 Å². The van der Waals surface area contributed by atoms with E-state index >= 15 is 0 Å². The largest absolute Gasteiger partial charge is 0.465 e. The van der Waals surface area contributed by atoms with Crippen LogP contribution >= 0.6 is 11.6 Å².